The Hall–Kier alpha value is -2.47. The minimum atomic E-state index is -0.547. The minimum Gasteiger partial charge on any atom is -0.366 e. The first-order valence-corrected chi connectivity index (χ1v) is 8.16. The first kappa shape index (κ1) is 17.9. The van der Waals surface area contributed by atoms with Crippen LogP contribution in [0.5, 0.6) is 0 Å². The summed E-state index contributed by atoms with van der Waals surface area (Å²) in [7, 11) is 0. The second kappa shape index (κ2) is 7.88. The molecule has 0 radical (unpaired) electrons. The van der Waals surface area contributed by atoms with Crippen molar-refractivity contribution in [3.05, 3.63) is 63.6 Å². The highest BCUT2D eigenvalue weighted by atomic mass is 79.9. The first-order chi connectivity index (χ1) is 11.4. The molecule has 0 atom stereocenters. The third kappa shape index (κ3) is 4.52. The molecule has 0 heterocycles. The smallest absolute Gasteiger partial charge is 0.249 e. The summed E-state index contributed by atoms with van der Waals surface area (Å²) in [5.74, 6) is -0.931. The molecule has 5 nitrogen and oxygen atoms in total. The van der Waals surface area contributed by atoms with Crippen LogP contribution in [0.2, 0.25) is 0 Å². The van der Waals surface area contributed by atoms with E-state index in [2.05, 4.69) is 21.2 Å². The topological polar surface area (TPSA) is 89.3 Å². The van der Waals surface area contributed by atoms with Gasteiger partial charge in [-0.15, -0.1) is 0 Å². The van der Waals surface area contributed by atoms with E-state index in [0.29, 0.717) is 22.4 Å². The number of primary amides is 1. The third-order valence-corrected chi connectivity index (χ3v) is 4.15. The third-order valence-electron chi connectivity index (χ3n) is 3.62. The van der Waals surface area contributed by atoms with Gasteiger partial charge in [-0.05, 0) is 36.8 Å². The molecule has 0 saturated carbocycles. The van der Waals surface area contributed by atoms with Gasteiger partial charge in [-0.1, -0.05) is 34.1 Å². The minimum absolute atomic E-state index is 0.0646. The molecule has 0 spiro atoms. The van der Waals surface area contributed by atoms with E-state index in [-0.39, 0.29) is 24.5 Å². The molecule has 3 N–H and O–H groups in total. The zero-order valence-corrected chi connectivity index (χ0v) is 14.7. The van der Waals surface area contributed by atoms with Crippen LogP contribution >= 0.6 is 15.9 Å². The highest BCUT2D eigenvalue weighted by molar-refractivity contribution is 9.10. The van der Waals surface area contributed by atoms with Crippen LogP contribution < -0.4 is 11.1 Å². The summed E-state index contributed by atoms with van der Waals surface area (Å²) in [6.07, 6.45) is 0.178. The number of ketones is 1. The Balaban J connectivity index is 1.96. The Bertz CT molecular complexity index is 785. The van der Waals surface area contributed by atoms with E-state index in [1.165, 1.54) is 0 Å². The predicted molar refractivity (Wildman–Crippen MR) is 96.0 cm³/mol. The Morgan fingerprint density at radius 1 is 1.04 bits per heavy atom. The first-order valence-electron chi connectivity index (χ1n) is 7.36. The molecule has 2 rings (SSSR count). The van der Waals surface area contributed by atoms with Crippen molar-refractivity contribution in [2.24, 2.45) is 5.73 Å². The van der Waals surface area contributed by atoms with Gasteiger partial charge in [-0.2, -0.15) is 0 Å². The number of anilines is 1. The van der Waals surface area contributed by atoms with Crippen molar-refractivity contribution >= 4 is 39.2 Å². The summed E-state index contributed by atoms with van der Waals surface area (Å²) < 4.78 is 0.890. The van der Waals surface area contributed by atoms with Crippen LogP contribution in [0.1, 0.15) is 39.1 Å². The van der Waals surface area contributed by atoms with Crippen LogP contribution in [0, 0.1) is 6.92 Å². The Morgan fingerprint density at radius 2 is 1.71 bits per heavy atom. The monoisotopic (exact) mass is 388 g/mol. The molecular formula is C18H17BrN2O3. The summed E-state index contributed by atoms with van der Waals surface area (Å²) in [5, 5.41) is 2.71. The number of hydrogen-bond donors (Lipinski definition) is 2. The molecule has 0 fully saturated rings. The SMILES string of the molecule is Cc1c(NC(=O)CCC(=O)c2ccc(Br)cc2)cccc1C(N)=O. The molecule has 0 aliphatic heterocycles. The summed E-state index contributed by atoms with van der Waals surface area (Å²) in [5.41, 5.74) is 7.35. The van der Waals surface area contributed by atoms with Gasteiger partial charge in [0.05, 0.1) is 0 Å². The fourth-order valence-electron chi connectivity index (χ4n) is 2.26. The van der Waals surface area contributed by atoms with E-state index < -0.39 is 5.91 Å². The predicted octanol–water partition coefficient (Wildman–Crippen LogP) is 3.46. The average molecular weight is 389 g/mol. The van der Waals surface area contributed by atoms with Crippen molar-refractivity contribution < 1.29 is 14.4 Å². The standard InChI is InChI=1S/C18H17BrN2O3/c1-11-14(18(20)24)3-2-4-15(11)21-17(23)10-9-16(22)12-5-7-13(19)8-6-12/h2-8H,9-10H2,1H3,(H2,20,24)(H,21,23). The quantitative estimate of drug-likeness (QED) is 0.742. The lowest BCUT2D eigenvalue weighted by molar-refractivity contribution is -0.116. The van der Waals surface area contributed by atoms with Crippen molar-refractivity contribution in [2.45, 2.75) is 19.8 Å². The van der Waals surface area contributed by atoms with E-state index in [1.54, 1.807) is 49.4 Å². The van der Waals surface area contributed by atoms with Crippen LogP contribution in [-0.4, -0.2) is 17.6 Å². The summed E-state index contributed by atoms with van der Waals surface area (Å²) in [6, 6.07) is 11.9. The molecule has 24 heavy (non-hydrogen) atoms. The van der Waals surface area contributed by atoms with Crippen LogP contribution in [0.25, 0.3) is 0 Å². The number of Topliss-reactive ketones (excluding diaryl/α,β-unsaturated/α-hetero) is 1. The number of carbonyl (C=O) groups is 3. The number of rotatable bonds is 6. The van der Waals surface area contributed by atoms with Crippen molar-refractivity contribution in [1.82, 2.24) is 0 Å². The second-order valence-electron chi connectivity index (χ2n) is 5.32. The van der Waals surface area contributed by atoms with E-state index in [4.69, 9.17) is 5.73 Å². The van der Waals surface area contributed by atoms with Gasteiger partial charge in [0, 0.05) is 34.1 Å². The normalized spacial score (nSPS) is 10.2. The Labute approximate surface area is 148 Å². The number of halogens is 1. The molecule has 124 valence electrons. The fourth-order valence-corrected chi connectivity index (χ4v) is 2.52. The number of nitrogens with one attached hydrogen (secondary N) is 1. The highest BCUT2D eigenvalue weighted by Crippen LogP contribution is 2.19. The molecule has 2 aromatic carbocycles. The lowest BCUT2D eigenvalue weighted by atomic mass is 10.1. The maximum atomic E-state index is 12.1. The number of nitrogens with two attached hydrogens (primary N) is 1. The summed E-state index contributed by atoms with van der Waals surface area (Å²) in [6.45, 7) is 1.71. The van der Waals surface area contributed by atoms with Gasteiger partial charge >= 0.3 is 0 Å². The fraction of sp³-hybridized carbons (Fsp3) is 0.167. The molecule has 0 aliphatic carbocycles. The van der Waals surface area contributed by atoms with Crippen LogP contribution in [-0.2, 0) is 4.79 Å². The van der Waals surface area contributed by atoms with Gasteiger partial charge in [-0.3, -0.25) is 14.4 Å². The van der Waals surface area contributed by atoms with Crippen LogP contribution in [0.3, 0.4) is 0 Å². The molecule has 2 aromatic rings. The zero-order chi connectivity index (χ0) is 17.7. The average Bonchev–Trinajstić information content (AvgIpc) is 2.55. The Kier molecular flexibility index (Phi) is 5.87. The van der Waals surface area contributed by atoms with Gasteiger partial charge in [0.2, 0.25) is 11.8 Å². The summed E-state index contributed by atoms with van der Waals surface area (Å²) >= 11 is 3.31. The second-order valence-corrected chi connectivity index (χ2v) is 6.24. The van der Waals surface area contributed by atoms with Crippen molar-refractivity contribution in [2.75, 3.05) is 5.32 Å². The highest BCUT2D eigenvalue weighted by Gasteiger charge is 2.13. The van der Waals surface area contributed by atoms with E-state index in [9.17, 15) is 14.4 Å². The molecule has 0 aromatic heterocycles. The maximum absolute atomic E-state index is 12.1. The van der Waals surface area contributed by atoms with E-state index >= 15 is 0 Å². The Morgan fingerprint density at radius 3 is 2.33 bits per heavy atom. The van der Waals surface area contributed by atoms with Crippen molar-refractivity contribution in [1.29, 1.82) is 0 Å². The van der Waals surface area contributed by atoms with Crippen molar-refractivity contribution in [3.8, 4) is 0 Å². The molecule has 6 heteroatoms. The molecule has 0 saturated heterocycles. The van der Waals surface area contributed by atoms with Gasteiger partial charge in [0.1, 0.15) is 0 Å². The summed E-state index contributed by atoms with van der Waals surface area (Å²) in [4.78, 5) is 35.4. The largest absolute Gasteiger partial charge is 0.366 e. The zero-order valence-electron chi connectivity index (χ0n) is 13.1. The number of amides is 2. The van der Waals surface area contributed by atoms with E-state index in [0.717, 1.165) is 4.47 Å². The molecular weight excluding hydrogens is 372 g/mol. The van der Waals surface area contributed by atoms with Gasteiger partial charge < -0.3 is 11.1 Å². The lowest BCUT2D eigenvalue weighted by Gasteiger charge is -2.10. The van der Waals surface area contributed by atoms with Crippen LogP contribution in [0.15, 0.2) is 46.9 Å². The van der Waals surface area contributed by atoms with Gasteiger partial charge in [-0.25, -0.2) is 0 Å². The molecule has 2 amide bonds. The number of carbonyl (C=O) groups excluding carboxylic acids is 3. The van der Waals surface area contributed by atoms with Gasteiger partial charge in [0.25, 0.3) is 0 Å². The number of benzene rings is 2. The molecule has 0 aliphatic rings. The van der Waals surface area contributed by atoms with Crippen molar-refractivity contribution in [3.63, 3.8) is 0 Å². The maximum Gasteiger partial charge on any atom is 0.249 e. The lowest BCUT2D eigenvalue weighted by Crippen LogP contribution is -2.17. The van der Waals surface area contributed by atoms with Gasteiger partial charge in [0.15, 0.2) is 5.78 Å². The molecule has 0 bridgehead atoms. The van der Waals surface area contributed by atoms with E-state index in [1.807, 2.05) is 0 Å². The van der Waals surface area contributed by atoms with Crippen LogP contribution in [0.4, 0.5) is 5.69 Å². The molecule has 0 unspecified atom stereocenters. The number of hydrogen-bond acceptors (Lipinski definition) is 3.